The lowest BCUT2D eigenvalue weighted by Gasteiger charge is -2.07. The molecule has 0 aliphatic rings. The fourth-order valence-electron chi connectivity index (χ4n) is 0.836. The summed E-state index contributed by atoms with van der Waals surface area (Å²) in [6.07, 6.45) is 0. The summed E-state index contributed by atoms with van der Waals surface area (Å²) in [5.74, 6) is 0.431. The Morgan fingerprint density at radius 3 is 2.33 bits per heavy atom. The van der Waals surface area contributed by atoms with E-state index < -0.39 is 0 Å². The van der Waals surface area contributed by atoms with Gasteiger partial charge >= 0.3 is 0 Å². The Morgan fingerprint density at radius 2 is 1.83 bits per heavy atom. The largest absolute Gasteiger partial charge is 0.382 e. The lowest BCUT2D eigenvalue weighted by atomic mass is 10.1. The number of anilines is 1. The molecule has 1 aromatic heterocycles. The minimum atomic E-state index is 0.139. The molecular weight excluding hydrogens is 197 g/mol. The molecule has 0 aliphatic carbocycles. The van der Waals surface area contributed by atoms with Gasteiger partial charge in [0.1, 0.15) is 10.8 Å². The van der Waals surface area contributed by atoms with Crippen LogP contribution >= 0.6 is 23.2 Å². The Morgan fingerprint density at radius 1 is 1.25 bits per heavy atom. The molecule has 0 fully saturated rings. The molecule has 0 saturated heterocycles. The smallest absolute Gasteiger partial charge is 0.224 e. The van der Waals surface area contributed by atoms with Crippen LogP contribution in [0.25, 0.3) is 0 Å². The maximum Gasteiger partial charge on any atom is 0.224 e. The summed E-state index contributed by atoms with van der Waals surface area (Å²) in [5.41, 5.74) is 6.18. The van der Waals surface area contributed by atoms with Crippen LogP contribution in [-0.4, -0.2) is 9.97 Å². The summed E-state index contributed by atoms with van der Waals surface area (Å²) in [6, 6.07) is 0. The molecule has 0 saturated carbocycles. The van der Waals surface area contributed by atoms with Crippen molar-refractivity contribution in [2.75, 3.05) is 5.73 Å². The van der Waals surface area contributed by atoms with Gasteiger partial charge in [0.05, 0.1) is 5.69 Å². The number of nitrogens with zero attached hydrogens (tertiary/aromatic N) is 2. The summed E-state index contributed by atoms with van der Waals surface area (Å²) in [5, 5.41) is 0.537. The van der Waals surface area contributed by atoms with Gasteiger partial charge in [0.15, 0.2) is 0 Å². The van der Waals surface area contributed by atoms with Crippen LogP contribution in [0.3, 0.4) is 0 Å². The van der Waals surface area contributed by atoms with E-state index in [-0.39, 0.29) is 17.0 Å². The van der Waals surface area contributed by atoms with E-state index in [2.05, 4.69) is 9.97 Å². The average molecular weight is 206 g/mol. The molecule has 1 rings (SSSR count). The van der Waals surface area contributed by atoms with Crippen LogP contribution in [0, 0.1) is 0 Å². The zero-order valence-electron chi connectivity index (χ0n) is 6.81. The van der Waals surface area contributed by atoms with Gasteiger partial charge in [-0.2, -0.15) is 4.98 Å². The normalized spacial score (nSPS) is 10.8. The molecule has 1 heterocycles. The Labute approximate surface area is 80.9 Å². The molecule has 0 amide bonds. The maximum absolute atomic E-state index is 5.85. The summed E-state index contributed by atoms with van der Waals surface area (Å²) >= 11 is 11.5. The van der Waals surface area contributed by atoms with E-state index in [1.165, 1.54) is 0 Å². The summed E-state index contributed by atoms with van der Waals surface area (Å²) in [4.78, 5) is 7.69. The molecular formula is C7H9Cl2N3. The number of halogens is 2. The number of nitrogen functional groups attached to an aromatic ring is 1. The zero-order valence-corrected chi connectivity index (χ0v) is 8.32. The Kier molecular flexibility index (Phi) is 2.75. The minimum Gasteiger partial charge on any atom is -0.382 e. The summed E-state index contributed by atoms with van der Waals surface area (Å²) < 4.78 is 0. The van der Waals surface area contributed by atoms with Gasteiger partial charge in [0.25, 0.3) is 0 Å². The summed E-state index contributed by atoms with van der Waals surface area (Å²) in [7, 11) is 0. The first-order valence-corrected chi connectivity index (χ1v) is 4.26. The highest BCUT2D eigenvalue weighted by Gasteiger charge is 2.11. The number of aromatic nitrogens is 2. The second kappa shape index (κ2) is 3.46. The summed E-state index contributed by atoms with van der Waals surface area (Å²) in [6.45, 7) is 3.92. The molecule has 66 valence electrons. The van der Waals surface area contributed by atoms with Crippen molar-refractivity contribution >= 4 is 29.0 Å². The van der Waals surface area contributed by atoms with Gasteiger partial charge in [-0.1, -0.05) is 25.4 Å². The molecule has 1 aromatic rings. The van der Waals surface area contributed by atoms with Crippen molar-refractivity contribution < 1.29 is 0 Å². The molecule has 5 heteroatoms. The maximum atomic E-state index is 5.85. The quantitative estimate of drug-likeness (QED) is 0.718. The highest BCUT2D eigenvalue weighted by molar-refractivity contribution is 6.34. The SMILES string of the molecule is CC(C)c1nc(Cl)nc(N)c1Cl. The number of hydrogen-bond donors (Lipinski definition) is 1. The highest BCUT2D eigenvalue weighted by Crippen LogP contribution is 2.27. The zero-order chi connectivity index (χ0) is 9.30. The third-order valence-corrected chi connectivity index (χ3v) is 1.98. The first kappa shape index (κ1) is 9.55. The Balaban J connectivity index is 3.28. The molecule has 12 heavy (non-hydrogen) atoms. The van der Waals surface area contributed by atoms with Crippen molar-refractivity contribution in [3.05, 3.63) is 16.0 Å². The van der Waals surface area contributed by atoms with Gasteiger partial charge in [-0.25, -0.2) is 4.98 Å². The number of rotatable bonds is 1. The Hall–Kier alpha value is -0.540. The lowest BCUT2D eigenvalue weighted by molar-refractivity contribution is 0.816. The van der Waals surface area contributed by atoms with Gasteiger partial charge < -0.3 is 5.73 Å². The molecule has 0 spiro atoms. The molecule has 0 aliphatic heterocycles. The predicted octanol–water partition coefficient (Wildman–Crippen LogP) is 2.49. The van der Waals surface area contributed by atoms with E-state index in [1.54, 1.807) is 0 Å². The van der Waals surface area contributed by atoms with E-state index in [9.17, 15) is 0 Å². The van der Waals surface area contributed by atoms with Gasteiger partial charge in [0.2, 0.25) is 5.28 Å². The number of nitrogens with two attached hydrogens (primary N) is 1. The van der Waals surface area contributed by atoms with Crippen LogP contribution in [0.2, 0.25) is 10.3 Å². The minimum absolute atomic E-state index is 0.139. The van der Waals surface area contributed by atoms with Gasteiger partial charge in [-0.3, -0.25) is 0 Å². The monoisotopic (exact) mass is 205 g/mol. The van der Waals surface area contributed by atoms with Crippen molar-refractivity contribution in [3.63, 3.8) is 0 Å². The van der Waals surface area contributed by atoms with Crippen LogP contribution < -0.4 is 5.73 Å². The van der Waals surface area contributed by atoms with Crippen molar-refractivity contribution in [3.8, 4) is 0 Å². The highest BCUT2D eigenvalue weighted by atomic mass is 35.5. The van der Waals surface area contributed by atoms with Crippen LogP contribution in [0.1, 0.15) is 25.5 Å². The molecule has 0 atom stereocenters. The van der Waals surface area contributed by atoms with Crippen molar-refractivity contribution in [1.82, 2.24) is 9.97 Å². The van der Waals surface area contributed by atoms with Crippen molar-refractivity contribution in [1.29, 1.82) is 0 Å². The van der Waals surface area contributed by atoms with E-state index in [0.717, 1.165) is 0 Å². The topological polar surface area (TPSA) is 51.8 Å². The lowest BCUT2D eigenvalue weighted by Crippen LogP contribution is -2.01. The van der Waals surface area contributed by atoms with E-state index in [1.807, 2.05) is 13.8 Å². The first-order chi connectivity index (χ1) is 5.52. The van der Waals surface area contributed by atoms with Gasteiger partial charge in [-0.15, -0.1) is 0 Å². The molecule has 2 N–H and O–H groups in total. The third kappa shape index (κ3) is 1.79. The molecule has 0 aromatic carbocycles. The second-order valence-electron chi connectivity index (χ2n) is 2.73. The van der Waals surface area contributed by atoms with Crippen LogP contribution in [0.5, 0.6) is 0 Å². The second-order valence-corrected chi connectivity index (χ2v) is 3.45. The van der Waals surface area contributed by atoms with E-state index in [0.29, 0.717) is 10.7 Å². The van der Waals surface area contributed by atoms with Crippen LogP contribution in [0.4, 0.5) is 5.82 Å². The van der Waals surface area contributed by atoms with E-state index in [4.69, 9.17) is 28.9 Å². The van der Waals surface area contributed by atoms with Crippen LogP contribution in [-0.2, 0) is 0 Å². The van der Waals surface area contributed by atoms with Gasteiger partial charge in [0, 0.05) is 0 Å². The standard InChI is InChI=1S/C7H9Cl2N3/c1-3(2)5-4(8)6(10)12-7(9)11-5/h3H,1-2H3,(H2,10,11,12). The predicted molar refractivity (Wildman–Crippen MR) is 50.6 cm³/mol. The first-order valence-electron chi connectivity index (χ1n) is 3.50. The molecule has 0 radical (unpaired) electrons. The van der Waals surface area contributed by atoms with Crippen LogP contribution in [0.15, 0.2) is 0 Å². The molecule has 3 nitrogen and oxygen atoms in total. The Bertz CT molecular complexity index is 299. The molecule has 0 bridgehead atoms. The number of hydrogen-bond acceptors (Lipinski definition) is 3. The van der Waals surface area contributed by atoms with Gasteiger partial charge in [-0.05, 0) is 17.5 Å². The van der Waals surface area contributed by atoms with E-state index >= 15 is 0 Å². The van der Waals surface area contributed by atoms with Crippen molar-refractivity contribution in [2.45, 2.75) is 19.8 Å². The fourth-order valence-corrected chi connectivity index (χ4v) is 1.32. The fraction of sp³-hybridized carbons (Fsp3) is 0.429. The molecule has 0 unspecified atom stereocenters. The average Bonchev–Trinajstić information content (AvgIpc) is 1.96. The van der Waals surface area contributed by atoms with Crippen molar-refractivity contribution in [2.24, 2.45) is 0 Å². The third-order valence-electron chi connectivity index (χ3n) is 1.42.